The molecule has 0 saturated carbocycles. The van der Waals surface area contributed by atoms with Crippen molar-refractivity contribution in [1.29, 1.82) is 0 Å². The van der Waals surface area contributed by atoms with Gasteiger partial charge in [0.2, 0.25) is 0 Å². The van der Waals surface area contributed by atoms with E-state index >= 15 is 0 Å². The number of para-hydroxylation sites is 1. The SMILES string of the molecule is CC(C)Cc1ccc2ccc3c4ccnc5c4c(cc3c2c1)C(C)(C)c1nc2ccccc2[c-]c1-5.CCC(CC)C(=O)/C=C(\O)C(CC)CC.[Ir]. The molecule has 6 aromatic rings. The van der Waals surface area contributed by atoms with Crippen LogP contribution in [0.3, 0.4) is 0 Å². The van der Waals surface area contributed by atoms with E-state index in [1.54, 1.807) is 0 Å². The summed E-state index contributed by atoms with van der Waals surface area (Å²) in [7, 11) is 0. The van der Waals surface area contributed by atoms with Gasteiger partial charge in [0.1, 0.15) is 0 Å². The molecular formula is C46H51IrN2O2-. The fraction of sp³-hybridized carbons (Fsp3) is 0.370. The molecule has 267 valence electrons. The van der Waals surface area contributed by atoms with Gasteiger partial charge >= 0.3 is 0 Å². The standard InChI is InChI=1S/C33H27N2.C13H24O2.Ir/c1-19(2)15-20-9-10-21-11-12-23-24-13-14-34-31-27-17-22-7-5-6-8-29(22)35-32(27)33(3,4)28(30(24)31)18-26(23)25(21)16-20;1-5-10(6-2)12(14)9-13(15)11(7-3)8-4;/h5-14,16,18-19H,15H2,1-4H3;9-11,14H,5-8H2,1-4H3;/q-1;;/b;12-9-;. The average Bonchev–Trinajstić information content (AvgIpc) is 3.10. The van der Waals surface area contributed by atoms with Crippen LogP contribution in [0.2, 0.25) is 0 Å². The largest absolute Gasteiger partial charge is 0.512 e. The van der Waals surface area contributed by atoms with E-state index in [9.17, 15) is 9.90 Å². The molecular weight excluding hydrogens is 805 g/mol. The minimum absolute atomic E-state index is 0. The van der Waals surface area contributed by atoms with Gasteiger partial charge in [-0.3, -0.25) is 9.78 Å². The van der Waals surface area contributed by atoms with E-state index in [2.05, 4.69) is 94.4 Å². The summed E-state index contributed by atoms with van der Waals surface area (Å²) in [5.74, 6) is 1.18. The first-order chi connectivity index (χ1) is 24.0. The van der Waals surface area contributed by atoms with Crippen LogP contribution >= 0.6 is 0 Å². The van der Waals surface area contributed by atoms with Crippen LogP contribution in [-0.4, -0.2) is 20.9 Å². The van der Waals surface area contributed by atoms with Crippen LogP contribution in [0.4, 0.5) is 0 Å². The molecule has 0 fully saturated rings. The normalized spacial score (nSPS) is 13.5. The Morgan fingerprint density at radius 2 is 1.53 bits per heavy atom. The van der Waals surface area contributed by atoms with E-state index in [-0.39, 0.29) is 48.9 Å². The molecule has 2 heterocycles. The Hall–Kier alpha value is -3.92. The van der Waals surface area contributed by atoms with Crippen LogP contribution < -0.4 is 0 Å². The number of allylic oxidation sites excluding steroid dienone is 2. The Kier molecular flexibility index (Phi) is 11.8. The van der Waals surface area contributed by atoms with Gasteiger partial charge in [0.15, 0.2) is 5.78 Å². The number of hydrogen-bond acceptors (Lipinski definition) is 4. The molecule has 0 saturated heterocycles. The predicted molar refractivity (Wildman–Crippen MR) is 211 cm³/mol. The van der Waals surface area contributed by atoms with Crippen molar-refractivity contribution in [1.82, 2.24) is 9.97 Å². The number of nitrogens with zero attached hydrogens (tertiary/aromatic N) is 2. The molecule has 0 unspecified atom stereocenters. The summed E-state index contributed by atoms with van der Waals surface area (Å²) in [5, 5.41) is 18.5. The summed E-state index contributed by atoms with van der Waals surface area (Å²) in [6.45, 7) is 17.2. The fourth-order valence-corrected chi connectivity index (χ4v) is 7.81. The van der Waals surface area contributed by atoms with Crippen LogP contribution in [0.15, 0.2) is 84.8 Å². The number of aliphatic hydroxyl groups excluding tert-OH is 1. The third kappa shape index (κ3) is 7.26. The Labute approximate surface area is 317 Å². The van der Waals surface area contributed by atoms with Crippen molar-refractivity contribution in [2.75, 3.05) is 0 Å². The van der Waals surface area contributed by atoms with Gasteiger partial charge in [0.25, 0.3) is 0 Å². The third-order valence-corrected chi connectivity index (χ3v) is 10.8. The fourth-order valence-electron chi connectivity index (χ4n) is 7.81. The molecule has 4 nitrogen and oxygen atoms in total. The van der Waals surface area contributed by atoms with E-state index < -0.39 is 0 Å². The van der Waals surface area contributed by atoms with Crippen molar-refractivity contribution in [2.24, 2.45) is 17.8 Å². The molecule has 0 atom stereocenters. The van der Waals surface area contributed by atoms with E-state index in [4.69, 9.17) is 9.97 Å². The van der Waals surface area contributed by atoms with Gasteiger partial charge in [-0.1, -0.05) is 121 Å². The summed E-state index contributed by atoms with van der Waals surface area (Å²) >= 11 is 0. The Bertz CT molecular complexity index is 2240. The summed E-state index contributed by atoms with van der Waals surface area (Å²) in [5.41, 5.74) is 6.51. The molecule has 7 rings (SSSR count). The van der Waals surface area contributed by atoms with E-state index in [1.807, 2.05) is 40.0 Å². The molecule has 4 aromatic carbocycles. The summed E-state index contributed by atoms with van der Waals surface area (Å²) < 4.78 is 0. The molecule has 0 spiro atoms. The maximum atomic E-state index is 11.7. The molecule has 0 aliphatic heterocycles. The summed E-state index contributed by atoms with van der Waals surface area (Å²) in [4.78, 5) is 21.8. The molecule has 51 heavy (non-hydrogen) atoms. The number of aromatic nitrogens is 2. The molecule has 0 amide bonds. The number of rotatable bonds is 9. The van der Waals surface area contributed by atoms with Crippen molar-refractivity contribution in [3.05, 3.63) is 108 Å². The monoisotopic (exact) mass is 856 g/mol. The van der Waals surface area contributed by atoms with Gasteiger partial charge in [-0.2, -0.15) is 0 Å². The zero-order valence-electron chi connectivity index (χ0n) is 31.4. The number of carbonyl (C=O) groups excluding carboxylic acids is 1. The second-order valence-electron chi connectivity index (χ2n) is 14.9. The zero-order valence-corrected chi connectivity index (χ0v) is 33.8. The Morgan fingerprint density at radius 1 is 0.843 bits per heavy atom. The number of pyridine rings is 2. The quantitative estimate of drug-likeness (QED) is 0.0681. The number of hydrogen-bond donors (Lipinski definition) is 1. The summed E-state index contributed by atoms with van der Waals surface area (Å²) in [6.07, 6.45) is 7.95. The first kappa shape index (κ1) is 38.3. The smallest absolute Gasteiger partial charge is 0.162 e. The van der Waals surface area contributed by atoms with Gasteiger partial charge in [-0.25, -0.2) is 0 Å². The van der Waals surface area contributed by atoms with Crippen molar-refractivity contribution in [3.63, 3.8) is 0 Å². The molecule has 5 heteroatoms. The van der Waals surface area contributed by atoms with Crippen LogP contribution in [0.1, 0.15) is 97.9 Å². The Balaban J connectivity index is 0.000000271. The van der Waals surface area contributed by atoms with Gasteiger partial charge in [0.05, 0.1) is 5.76 Å². The van der Waals surface area contributed by atoms with Gasteiger partial charge in [0, 0.05) is 55.3 Å². The summed E-state index contributed by atoms with van der Waals surface area (Å²) in [6, 6.07) is 28.1. The van der Waals surface area contributed by atoms with E-state index in [1.165, 1.54) is 49.5 Å². The first-order valence-corrected chi connectivity index (χ1v) is 18.6. The van der Waals surface area contributed by atoms with Crippen molar-refractivity contribution < 1.29 is 30.0 Å². The van der Waals surface area contributed by atoms with Crippen LogP contribution in [0.5, 0.6) is 0 Å². The maximum Gasteiger partial charge on any atom is 0.162 e. The number of aliphatic hydroxyl groups is 1. The number of fused-ring (bicyclic) bond motifs is 7. The average molecular weight is 856 g/mol. The molecule has 1 N–H and O–H groups in total. The minimum atomic E-state index is -0.268. The molecule has 1 radical (unpaired) electrons. The second kappa shape index (κ2) is 15.8. The first-order valence-electron chi connectivity index (χ1n) is 18.6. The number of ketones is 1. The number of carbonyl (C=O) groups is 1. The molecule has 2 aromatic heterocycles. The minimum Gasteiger partial charge on any atom is -0.512 e. The third-order valence-electron chi connectivity index (χ3n) is 10.8. The molecule has 0 bridgehead atoms. The van der Waals surface area contributed by atoms with Crippen molar-refractivity contribution in [2.45, 2.75) is 92.9 Å². The van der Waals surface area contributed by atoms with E-state index in [0.29, 0.717) is 5.92 Å². The van der Waals surface area contributed by atoms with Crippen LogP contribution in [-0.2, 0) is 36.7 Å². The van der Waals surface area contributed by atoms with Gasteiger partial charge in [-0.05, 0) is 98.7 Å². The van der Waals surface area contributed by atoms with Crippen molar-refractivity contribution in [3.8, 4) is 11.3 Å². The molecule has 1 aliphatic carbocycles. The van der Waals surface area contributed by atoms with Gasteiger partial charge < -0.3 is 10.1 Å². The topological polar surface area (TPSA) is 63.1 Å². The van der Waals surface area contributed by atoms with E-state index in [0.717, 1.165) is 60.0 Å². The number of benzene rings is 4. The van der Waals surface area contributed by atoms with Crippen LogP contribution in [0, 0.1) is 23.8 Å². The van der Waals surface area contributed by atoms with Crippen LogP contribution in [0.25, 0.3) is 54.5 Å². The zero-order chi connectivity index (χ0) is 35.7. The molecule has 1 aliphatic rings. The van der Waals surface area contributed by atoms with Crippen molar-refractivity contribution >= 4 is 49.0 Å². The second-order valence-corrected chi connectivity index (χ2v) is 14.9. The van der Waals surface area contributed by atoms with Gasteiger partial charge in [-0.15, -0.1) is 12.1 Å². The maximum absolute atomic E-state index is 11.7. The predicted octanol–water partition coefficient (Wildman–Crippen LogP) is 12.3. The Morgan fingerprint density at radius 3 is 2.22 bits per heavy atom.